The summed E-state index contributed by atoms with van der Waals surface area (Å²) in [6.07, 6.45) is 0.555. The van der Waals surface area contributed by atoms with Gasteiger partial charge in [0.25, 0.3) is 5.56 Å². The summed E-state index contributed by atoms with van der Waals surface area (Å²) in [5, 5.41) is 0. The van der Waals surface area contributed by atoms with Crippen LogP contribution in [-0.2, 0) is 39.6 Å². The lowest BCUT2D eigenvalue weighted by molar-refractivity contribution is -0.155. The molecule has 24 heavy (non-hydrogen) atoms. The van der Waals surface area contributed by atoms with Crippen LogP contribution in [0.5, 0.6) is 0 Å². The molecule has 1 aliphatic rings. The Balaban J connectivity index is 1.81. The molecule has 3 heterocycles. The van der Waals surface area contributed by atoms with E-state index in [-0.39, 0.29) is 12.7 Å². The van der Waals surface area contributed by atoms with Gasteiger partial charge in [-0.2, -0.15) is 0 Å². The number of fused-ring (bicyclic) bond motifs is 1. The SMILES string of the molecule is CC(=O)OCC1OCC(Cn2cnc3c2c(=O)n(C)c(=O)n3C)O1. The van der Waals surface area contributed by atoms with Crippen LogP contribution in [0.15, 0.2) is 15.9 Å². The van der Waals surface area contributed by atoms with Crippen molar-refractivity contribution >= 4 is 17.1 Å². The number of esters is 1. The minimum Gasteiger partial charge on any atom is -0.460 e. The number of imidazole rings is 1. The second-order valence-corrected chi connectivity index (χ2v) is 5.60. The zero-order valence-corrected chi connectivity index (χ0v) is 13.6. The lowest BCUT2D eigenvalue weighted by Gasteiger charge is -2.12. The number of aryl methyl sites for hydroxylation is 1. The highest BCUT2D eigenvalue weighted by molar-refractivity contribution is 5.69. The van der Waals surface area contributed by atoms with E-state index in [4.69, 9.17) is 14.2 Å². The highest BCUT2D eigenvalue weighted by Gasteiger charge is 2.28. The summed E-state index contributed by atoms with van der Waals surface area (Å²) >= 11 is 0. The molecule has 0 N–H and O–H groups in total. The van der Waals surface area contributed by atoms with Gasteiger partial charge in [0.1, 0.15) is 12.7 Å². The third-order valence-corrected chi connectivity index (χ3v) is 3.85. The molecule has 0 amide bonds. The zero-order valence-electron chi connectivity index (χ0n) is 13.6. The lowest BCUT2D eigenvalue weighted by atomic mass is 10.3. The largest absolute Gasteiger partial charge is 0.460 e. The van der Waals surface area contributed by atoms with Crippen LogP contribution in [0.3, 0.4) is 0 Å². The molecule has 2 aromatic heterocycles. The molecule has 0 bridgehead atoms. The fourth-order valence-electron chi connectivity index (χ4n) is 2.63. The monoisotopic (exact) mass is 338 g/mol. The van der Waals surface area contributed by atoms with Crippen molar-refractivity contribution in [2.24, 2.45) is 14.1 Å². The second kappa shape index (κ2) is 6.21. The van der Waals surface area contributed by atoms with Crippen LogP contribution < -0.4 is 11.2 Å². The van der Waals surface area contributed by atoms with Crippen LogP contribution in [0, 0.1) is 0 Å². The van der Waals surface area contributed by atoms with Gasteiger partial charge in [-0.1, -0.05) is 0 Å². The molecule has 2 aromatic rings. The van der Waals surface area contributed by atoms with Gasteiger partial charge < -0.3 is 18.8 Å². The molecule has 2 unspecified atom stereocenters. The summed E-state index contributed by atoms with van der Waals surface area (Å²) in [5.41, 5.74) is -0.203. The van der Waals surface area contributed by atoms with Crippen molar-refractivity contribution in [2.45, 2.75) is 25.9 Å². The summed E-state index contributed by atoms with van der Waals surface area (Å²) in [6.45, 7) is 1.97. The molecule has 10 heteroatoms. The predicted molar refractivity (Wildman–Crippen MR) is 81.5 cm³/mol. The Labute approximate surface area is 136 Å². The van der Waals surface area contributed by atoms with Crippen molar-refractivity contribution in [3.05, 3.63) is 27.2 Å². The molecule has 0 aromatic carbocycles. The Morgan fingerprint density at radius 3 is 2.83 bits per heavy atom. The first-order chi connectivity index (χ1) is 11.4. The van der Waals surface area contributed by atoms with Gasteiger partial charge >= 0.3 is 11.7 Å². The molecule has 2 atom stereocenters. The summed E-state index contributed by atoms with van der Waals surface area (Å²) < 4.78 is 19.9. The fourth-order valence-corrected chi connectivity index (χ4v) is 2.63. The Hall–Kier alpha value is -2.46. The third kappa shape index (κ3) is 2.85. The molecule has 0 saturated carbocycles. The van der Waals surface area contributed by atoms with E-state index in [1.807, 2.05) is 0 Å². The Morgan fingerprint density at radius 1 is 1.38 bits per heavy atom. The summed E-state index contributed by atoms with van der Waals surface area (Å²) in [7, 11) is 2.98. The van der Waals surface area contributed by atoms with Crippen molar-refractivity contribution in [1.29, 1.82) is 0 Å². The molecule has 1 fully saturated rings. The first kappa shape index (κ1) is 16.4. The molecule has 3 rings (SSSR count). The topological polar surface area (TPSA) is 107 Å². The number of nitrogens with zero attached hydrogens (tertiary/aromatic N) is 4. The molecule has 0 radical (unpaired) electrons. The lowest BCUT2D eigenvalue weighted by Crippen LogP contribution is -2.38. The number of aromatic nitrogens is 4. The van der Waals surface area contributed by atoms with E-state index in [0.29, 0.717) is 24.3 Å². The van der Waals surface area contributed by atoms with Crippen LogP contribution in [0.25, 0.3) is 11.2 Å². The Morgan fingerprint density at radius 2 is 2.12 bits per heavy atom. The smallest absolute Gasteiger partial charge is 0.332 e. The maximum atomic E-state index is 12.4. The summed E-state index contributed by atoms with van der Waals surface area (Å²) in [4.78, 5) is 39.2. The standard InChI is InChI=1S/C14H18N4O6/c1-8(19)22-6-10-23-5-9(24-10)4-18-7-15-12-11(18)13(20)17(3)14(21)16(12)2/h7,9-10H,4-6H2,1-3H3. The van der Waals surface area contributed by atoms with Crippen molar-refractivity contribution in [3.63, 3.8) is 0 Å². The van der Waals surface area contributed by atoms with Crippen molar-refractivity contribution < 1.29 is 19.0 Å². The molecular weight excluding hydrogens is 320 g/mol. The van der Waals surface area contributed by atoms with E-state index in [9.17, 15) is 14.4 Å². The van der Waals surface area contributed by atoms with Gasteiger partial charge in [0.2, 0.25) is 0 Å². The maximum absolute atomic E-state index is 12.4. The van der Waals surface area contributed by atoms with Crippen LogP contribution in [0.4, 0.5) is 0 Å². The van der Waals surface area contributed by atoms with Crippen LogP contribution in [0.2, 0.25) is 0 Å². The third-order valence-electron chi connectivity index (χ3n) is 3.85. The van der Waals surface area contributed by atoms with Gasteiger partial charge in [-0.25, -0.2) is 9.78 Å². The zero-order chi connectivity index (χ0) is 17.4. The first-order valence-corrected chi connectivity index (χ1v) is 7.39. The number of carbonyl (C=O) groups is 1. The molecule has 1 aliphatic heterocycles. The van der Waals surface area contributed by atoms with Gasteiger partial charge in [-0.15, -0.1) is 0 Å². The van der Waals surface area contributed by atoms with Crippen LogP contribution >= 0.6 is 0 Å². The van der Waals surface area contributed by atoms with E-state index < -0.39 is 23.5 Å². The minimum absolute atomic E-state index is 0.0206. The number of carbonyl (C=O) groups excluding carboxylic acids is 1. The van der Waals surface area contributed by atoms with Crippen LogP contribution in [0.1, 0.15) is 6.92 Å². The second-order valence-electron chi connectivity index (χ2n) is 5.60. The molecule has 1 saturated heterocycles. The Kier molecular flexibility index (Phi) is 4.24. The average molecular weight is 338 g/mol. The van der Waals surface area contributed by atoms with E-state index in [1.54, 1.807) is 11.6 Å². The number of hydrogen-bond donors (Lipinski definition) is 0. The van der Waals surface area contributed by atoms with Crippen molar-refractivity contribution in [1.82, 2.24) is 18.7 Å². The molecular formula is C14H18N4O6. The van der Waals surface area contributed by atoms with Crippen molar-refractivity contribution in [2.75, 3.05) is 13.2 Å². The maximum Gasteiger partial charge on any atom is 0.332 e. The van der Waals surface area contributed by atoms with Gasteiger partial charge in [0, 0.05) is 21.0 Å². The molecule has 0 spiro atoms. The van der Waals surface area contributed by atoms with Crippen LogP contribution in [-0.4, -0.2) is 50.3 Å². The normalized spacial score (nSPS) is 20.6. The molecule has 0 aliphatic carbocycles. The first-order valence-electron chi connectivity index (χ1n) is 7.39. The summed E-state index contributed by atoms with van der Waals surface area (Å²) in [6, 6.07) is 0. The number of hydrogen-bond acceptors (Lipinski definition) is 7. The highest BCUT2D eigenvalue weighted by Crippen LogP contribution is 2.15. The number of rotatable bonds is 4. The number of ether oxygens (including phenoxy) is 3. The van der Waals surface area contributed by atoms with Gasteiger partial charge in [0.15, 0.2) is 17.5 Å². The van der Waals surface area contributed by atoms with Gasteiger partial charge in [-0.3, -0.25) is 18.7 Å². The van der Waals surface area contributed by atoms with Gasteiger partial charge in [0.05, 0.1) is 19.5 Å². The van der Waals surface area contributed by atoms with E-state index in [2.05, 4.69) is 4.98 Å². The average Bonchev–Trinajstić information content (AvgIpc) is 3.16. The fraction of sp³-hybridized carbons (Fsp3) is 0.571. The molecule has 10 nitrogen and oxygen atoms in total. The van der Waals surface area contributed by atoms with E-state index >= 15 is 0 Å². The van der Waals surface area contributed by atoms with Crippen molar-refractivity contribution in [3.8, 4) is 0 Å². The minimum atomic E-state index is -0.624. The Bertz CT molecular complexity index is 895. The van der Waals surface area contributed by atoms with E-state index in [1.165, 1.54) is 24.9 Å². The molecule has 130 valence electrons. The highest BCUT2D eigenvalue weighted by atomic mass is 16.7. The van der Waals surface area contributed by atoms with Gasteiger partial charge in [-0.05, 0) is 0 Å². The van der Waals surface area contributed by atoms with E-state index in [0.717, 1.165) is 4.57 Å². The quantitative estimate of drug-likeness (QED) is 0.640. The predicted octanol–water partition coefficient (Wildman–Crippen LogP) is -1.26. The summed E-state index contributed by atoms with van der Waals surface area (Å²) in [5.74, 6) is -0.407.